The predicted molar refractivity (Wildman–Crippen MR) is 72.7 cm³/mol. The molecule has 0 saturated carbocycles. The van der Waals surface area contributed by atoms with Gasteiger partial charge in [0, 0.05) is 29.1 Å². The fourth-order valence-electron chi connectivity index (χ4n) is 2.21. The first-order valence-electron chi connectivity index (χ1n) is 5.96. The summed E-state index contributed by atoms with van der Waals surface area (Å²) in [5, 5.41) is 11.5. The zero-order chi connectivity index (χ0) is 12.6. The van der Waals surface area contributed by atoms with Gasteiger partial charge in [-0.1, -0.05) is 17.7 Å². The highest BCUT2D eigenvalue weighted by molar-refractivity contribution is 6.31. The van der Waals surface area contributed by atoms with Crippen molar-refractivity contribution in [2.45, 2.75) is 39.3 Å². The van der Waals surface area contributed by atoms with Crippen LogP contribution >= 0.6 is 11.6 Å². The maximum atomic E-state index is 9.53. The first-order valence-corrected chi connectivity index (χ1v) is 6.34. The molecule has 2 rings (SSSR count). The van der Waals surface area contributed by atoms with Crippen molar-refractivity contribution in [2.24, 2.45) is 0 Å². The second-order valence-corrected chi connectivity index (χ2v) is 5.31. The Balaban J connectivity index is 2.62. The van der Waals surface area contributed by atoms with E-state index in [1.54, 1.807) is 0 Å². The molecule has 1 atom stereocenters. The van der Waals surface area contributed by atoms with Crippen LogP contribution in [0.15, 0.2) is 24.4 Å². The molecular weight excluding hydrogens is 234 g/mol. The van der Waals surface area contributed by atoms with Crippen molar-refractivity contribution in [2.75, 3.05) is 0 Å². The molecule has 1 N–H and O–H groups in total. The molecule has 0 radical (unpaired) electrons. The Hall–Kier alpha value is -0.990. The quantitative estimate of drug-likeness (QED) is 0.882. The Kier molecular flexibility index (Phi) is 3.45. The fourth-order valence-corrected chi connectivity index (χ4v) is 2.37. The topological polar surface area (TPSA) is 25.2 Å². The normalized spacial score (nSPS) is 13.5. The monoisotopic (exact) mass is 251 g/mol. The average Bonchev–Trinajstić information content (AvgIpc) is 2.55. The molecule has 0 fully saturated rings. The highest BCUT2D eigenvalue weighted by Crippen LogP contribution is 2.28. The van der Waals surface area contributed by atoms with Crippen LogP contribution in [-0.2, 0) is 6.42 Å². The van der Waals surface area contributed by atoms with Crippen LogP contribution in [0.1, 0.15) is 32.4 Å². The number of hydrogen-bond acceptors (Lipinski definition) is 1. The van der Waals surface area contributed by atoms with E-state index in [2.05, 4.69) is 24.6 Å². The number of aromatic nitrogens is 1. The molecule has 1 aromatic heterocycles. The summed E-state index contributed by atoms with van der Waals surface area (Å²) in [6.45, 7) is 6.10. The lowest BCUT2D eigenvalue weighted by Gasteiger charge is -2.08. The molecule has 0 saturated heterocycles. The molecule has 1 aromatic carbocycles. The van der Waals surface area contributed by atoms with Gasteiger partial charge < -0.3 is 9.67 Å². The van der Waals surface area contributed by atoms with E-state index in [0.29, 0.717) is 12.5 Å². The number of benzene rings is 1. The van der Waals surface area contributed by atoms with E-state index in [4.69, 9.17) is 11.6 Å². The molecular formula is C14H18ClNO. The van der Waals surface area contributed by atoms with Crippen molar-refractivity contribution in [3.63, 3.8) is 0 Å². The lowest BCUT2D eigenvalue weighted by molar-refractivity contribution is 0.196. The standard InChI is InChI=1S/C14H18ClNO/c1-9(2)16-8-11(6-10(3)17)13-5-4-12(15)7-14(13)16/h4-5,7-10,17H,6H2,1-3H3. The first-order chi connectivity index (χ1) is 7.99. The largest absolute Gasteiger partial charge is 0.393 e. The van der Waals surface area contributed by atoms with Gasteiger partial charge in [0.2, 0.25) is 0 Å². The molecule has 17 heavy (non-hydrogen) atoms. The molecule has 0 amide bonds. The molecule has 3 heteroatoms. The molecule has 0 aliphatic rings. The minimum Gasteiger partial charge on any atom is -0.393 e. The van der Waals surface area contributed by atoms with Crippen LogP contribution < -0.4 is 0 Å². The van der Waals surface area contributed by atoms with Gasteiger partial charge in [-0.15, -0.1) is 0 Å². The lowest BCUT2D eigenvalue weighted by atomic mass is 10.1. The van der Waals surface area contributed by atoms with Gasteiger partial charge in [-0.2, -0.15) is 0 Å². The van der Waals surface area contributed by atoms with Crippen LogP contribution in [0.2, 0.25) is 5.02 Å². The third kappa shape index (κ3) is 2.48. The lowest BCUT2D eigenvalue weighted by Crippen LogP contribution is -2.03. The van der Waals surface area contributed by atoms with E-state index < -0.39 is 0 Å². The van der Waals surface area contributed by atoms with Crippen molar-refractivity contribution in [1.82, 2.24) is 4.57 Å². The van der Waals surface area contributed by atoms with E-state index in [1.807, 2.05) is 25.1 Å². The summed E-state index contributed by atoms with van der Waals surface area (Å²) in [6.07, 6.45) is 2.48. The summed E-state index contributed by atoms with van der Waals surface area (Å²) in [5.41, 5.74) is 2.32. The van der Waals surface area contributed by atoms with E-state index in [1.165, 1.54) is 10.9 Å². The fraction of sp³-hybridized carbons (Fsp3) is 0.429. The van der Waals surface area contributed by atoms with E-state index in [9.17, 15) is 5.11 Å². The summed E-state index contributed by atoms with van der Waals surface area (Å²) in [5.74, 6) is 0. The van der Waals surface area contributed by atoms with E-state index in [-0.39, 0.29) is 6.10 Å². The van der Waals surface area contributed by atoms with Crippen molar-refractivity contribution in [3.8, 4) is 0 Å². The molecule has 1 heterocycles. The van der Waals surface area contributed by atoms with Crippen molar-refractivity contribution >= 4 is 22.5 Å². The van der Waals surface area contributed by atoms with Crippen LogP contribution in [-0.4, -0.2) is 15.8 Å². The third-order valence-electron chi connectivity index (χ3n) is 2.95. The maximum Gasteiger partial charge on any atom is 0.0553 e. The van der Waals surface area contributed by atoms with Crippen LogP contribution in [0.25, 0.3) is 10.9 Å². The number of aliphatic hydroxyl groups excluding tert-OH is 1. The molecule has 1 unspecified atom stereocenters. The molecule has 0 spiro atoms. The Bertz CT molecular complexity index is 528. The zero-order valence-corrected chi connectivity index (χ0v) is 11.2. The van der Waals surface area contributed by atoms with Crippen LogP contribution in [0.3, 0.4) is 0 Å². The first kappa shape index (κ1) is 12.5. The zero-order valence-electron chi connectivity index (χ0n) is 10.4. The predicted octanol–water partition coefficient (Wildman–Crippen LogP) is 3.80. The van der Waals surface area contributed by atoms with Gasteiger partial charge in [0.15, 0.2) is 0 Å². The summed E-state index contributed by atoms with van der Waals surface area (Å²) in [4.78, 5) is 0. The summed E-state index contributed by atoms with van der Waals surface area (Å²) in [7, 11) is 0. The van der Waals surface area contributed by atoms with Gasteiger partial charge in [0.25, 0.3) is 0 Å². The summed E-state index contributed by atoms with van der Waals surface area (Å²) >= 11 is 6.05. The Labute approximate surface area is 107 Å². The van der Waals surface area contributed by atoms with Crippen molar-refractivity contribution < 1.29 is 5.11 Å². The Morgan fingerprint density at radius 2 is 2.00 bits per heavy atom. The third-order valence-corrected chi connectivity index (χ3v) is 3.19. The Morgan fingerprint density at radius 3 is 2.59 bits per heavy atom. The molecule has 0 aliphatic carbocycles. The van der Waals surface area contributed by atoms with Gasteiger partial charge >= 0.3 is 0 Å². The maximum absolute atomic E-state index is 9.53. The van der Waals surface area contributed by atoms with Crippen LogP contribution in [0.5, 0.6) is 0 Å². The molecule has 2 aromatic rings. The average molecular weight is 252 g/mol. The number of hydrogen-bond donors (Lipinski definition) is 1. The molecule has 0 bridgehead atoms. The second-order valence-electron chi connectivity index (χ2n) is 4.87. The highest BCUT2D eigenvalue weighted by atomic mass is 35.5. The number of fused-ring (bicyclic) bond motifs is 1. The van der Waals surface area contributed by atoms with Crippen molar-refractivity contribution in [3.05, 3.63) is 35.0 Å². The minimum absolute atomic E-state index is 0.322. The van der Waals surface area contributed by atoms with Gasteiger partial charge in [-0.3, -0.25) is 0 Å². The van der Waals surface area contributed by atoms with Crippen LogP contribution in [0.4, 0.5) is 0 Å². The second kappa shape index (κ2) is 4.71. The SMILES string of the molecule is CC(O)Cc1cn(C(C)C)c2cc(Cl)ccc12. The van der Waals surface area contributed by atoms with E-state index in [0.717, 1.165) is 10.5 Å². The van der Waals surface area contributed by atoms with Gasteiger partial charge in [-0.25, -0.2) is 0 Å². The number of rotatable bonds is 3. The summed E-state index contributed by atoms with van der Waals surface area (Å²) < 4.78 is 2.21. The smallest absolute Gasteiger partial charge is 0.0553 e. The number of nitrogens with zero attached hydrogens (tertiary/aromatic N) is 1. The number of aliphatic hydroxyl groups is 1. The molecule has 92 valence electrons. The molecule has 0 aliphatic heterocycles. The van der Waals surface area contributed by atoms with Crippen LogP contribution in [0, 0.1) is 0 Å². The van der Waals surface area contributed by atoms with E-state index >= 15 is 0 Å². The summed E-state index contributed by atoms with van der Waals surface area (Å²) in [6, 6.07) is 6.32. The van der Waals surface area contributed by atoms with Gasteiger partial charge in [-0.05, 0) is 38.5 Å². The van der Waals surface area contributed by atoms with Gasteiger partial charge in [0.05, 0.1) is 11.6 Å². The van der Waals surface area contributed by atoms with Crippen molar-refractivity contribution in [1.29, 1.82) is 0 Å². The minimum atomic E-state index is -0.322. The molecule has 2 nitrogen and oxygen atoms in total. The number of halogens is 1. The van der Waals surface area contributed by atoms with Gasteiger partial charge in [0.1, 0.15) is 0 Å². The Morgan fingerprint density at radius 1 is 1.29 bits per heavy atom. The highest BCUT2D eigenvalue weighted by Gasteiger charge is 2.12.